The minimum Gasteiger partial charge on any atom is -0.497 e. The number of rotatable bonds is 6. The molecule has 4 heteroatoms. The van der Waals surface area contributed by atoms with E-state index < -0.39 is 0 Å². The van der Waals surface area contributed by atoms with E-state index in [0.717, 1.165) is 29.5 Å². The minimum absolute atomic E-state index is 0.680. The van der Waals surface area contributed by atoms with E-state index in [1.54, 1.807) is 13.3 Å². The van der Waals surface area contributed by atoms with Crippen molar-refractivity contribution in [3.63, 3.8) is 0 Å². The van der Waals surface area contributed by atoms with Crippen molar-refractivity contribution in [2.24, 2.45) is 0 Å². The molecule has 1 heterocycles. The van der Waals surface area contributed by atoms with Gasteiger partial charge in [-0.3, -0.25) is 4.98 Å². The first-order chi connectivity index (χ1) is 9.83. The Morgan fingerprint density at radius 2 is 1.95 bits per heavy atom. The zero-order chi connectivity index (χ0) is 13.8. The molecule has 1 fully saturated rings. The van der Waals surface area contributed by atoms with Gasteiger partial charge in [0, 0.05) is 30.9 Å². The van der Waals surface area contributed by atoms with Crippen molar-refractivity contribution < 1.29 is 9.47 Å². The van der Waals surface area contributed by atoms with Crippen LogP contribution in [0.5, 0.6) is 17.2 Å². The molecule has 20 heavy (non-hydrogen) atoms. The Morgan fingerprint density at radius 3 is 2.75 bits per heavy atom. The molecule has 1 aromatic heterocycles. The van der Waals surface area contributed by atoms with Gasteiger partial charge in [0.15, 0.2) is 0 Å². The third kappa shape index (κ3) is 3.48. The highest BCUT2D eigenvalue weighted by Gasteiger charge is 2.20. The summed E-state index contributed by atoms with van der Waals surface area (Å²) in [4.78, 5) is 4.35. The van der Waals surface area contributed by atoms with E-state index in [9.17, 15) is 0 Å². The number of benzene rings is 1. The van der Waals surface area contributed by atoms with Gasteiger partial charge in [0.2, 0.25) is 0 Å². The number of nitrogens with zero attached hydrogens (tertiary/aromatic N) is 1. The Hall–Kier alpha value is -2.07. The molecule has 3 rings (SSSR count). The lowest BCUT2D eigenvalue weighted by molar-refractivity contribution is 0.409. The normalized spacial score (nSPS) is 14.1. The zero-order valence-electron chi connectivity index (χ0n) is 11.5. The second-order valence-corrected chi connectivity index (χ2v) is 4.92. The molecule has 1 saturated carbocycles. The van der Waals surface area contributed by atoms with Gasteiger partial charge >= 0.3 is 0 Å². The number of hydrogen-bond donors (Lipinski definition) is 1. The predicted octanol–water partition coefficient (Wildman–Crippen LogP) is 3.13. The molecule has 0 unspecified atom stereocenters. The van der Waals surface area contributed by atoms with Crippen LogP contribution in [-0.4, -0.2) is 18.1 Å². The third-order valence-electron chi connectivity index (χ3n) is 3.21. The molecule has 0 saturated heterocycles. The maximum absolute atomic E-state index is 5.84. The smallest absolute Gasteiger partial charge is 0.131 e. The second-order valence-electron chi connectivity index (χ2n) is 4.92. The van der Waals surface area contributed by atoms with Gasteiger partial charge in [0.25, 0.3) is 0 Å². The van der Waals surface area contributed by atoms with Crippen LogP contribution >= 0.6 is 0 Å². The fourth-order valence-electron chi connectivity index (χ4n) is 1.95. The fraction of sp³-hybridized carbons (Fsp3) is 0.312. The third-order valence-corrected chi connectivity index (χ3v) is 3.21. The highest BCUT2D eigenvalue weighted by molar-refractivity contribution is 5.36. The first-order valence-electron chi connectivity index (χ1n) is 6.84. The summed E-state index contributed by atoms with van der Waals surface area (Å²) in [5.74, 6) is 2.34. The second kappa shape index (κ2) is 5.92. The summed E-state index contributed by atoms with van der Waals surface area (Å²) in [5.41, 5.74) is 0.997. The molecule has 0 amide bonds. The van der Waals surface area contributed by atoms with Crippen molar-refractivity contribution in [2.45, 2.75) is 25.4 Å². The maximum atomic E-state index is 5.84. The summed E-state index contributed by atoms with van der Waals surface area (Å²) in [6.07, 6.45) is 4.33. The molecule has 0 radical (unpaired) electrons. The molecule has 0 bridgehead atoms. The molecule has 1 N–H and O–H groups in total. The Bertz CT molecular complexity index is 582. The fourth-order valence-corrected chi connectivity index (χ4v) is 1.95. The van der Waals surface area contributed by atoms with Crippen molar-refractivity contribution in [1.82, 2.24) is 10.3 Å². The summed E-state index contributed by atoms with van der Waals surface area (Å²) >= 11 is 0. The number of ether oxygens (including phenoxy) is 2. The summed E-state index contributed by atoms with van der Waals surface area (Å²) in [5, 5.41) is 3.44. The molecule has 0 aliphatic heterocycles. The van der Waals surface area contributed by atoms with Crippen LogP contribution in [0.15, 0.2) is 42.6 Å². The SMILES string of the molecule is COc1cccc(Oc2ccnc(CNC3CC3)c2)c1. The average molecular weight is 270 g/mol. The van der Waals surface area contributed by atoms with Crippen LogP contribution < -0.4 is 14.8 Å². The molecular formula is C16H18N2O2. The Kier molecular flexibility index (Phi) is 3.83. The number of hydrogen-bond acceptors (Lipinski definition) is 4. The highest BCUT2D eigenvalue weighted by atomic mass is 16.5. The molecule has 4 nitrogen and oxygen atoms in total. The van der Waals surface area contributed by atoms with Crippen molar-refractivity contribution >= 4 is 0 Å². The van der Waals surface area contributed by atoms with Crippen LogP contribution in [0.25, 0.3) is 0 Å². The van der Waals surface area contributed by atoms with Crippen molar-refractivity contribution in [1.29, 1.82) is 0 Å². The number of aromatic nitrogens is 1. The Balaban J connectivity index is 1.67. The van der Waals surface area contributed by atoms with Gasteiger partial charge < -0.3 is 14.8 Å². The molecule has 2 aromatic rings. The van der Waals surface area contributed by atoms with Crippen LogP contribution in [0.4, 0.5) is 0 Å². The van der Waals surface area contributed by atoms with Crippen LogP contribution in [-0.2, 0) is 6.54 Å². The molecule has 0 atom stereocenters. The molecule has 1 aliphatic rings. The monoisotopic (exact) mass is 270 g/mol. The van der Waals surface area contributed by atoms with Gasteiger partial charge in [0.05, 0.1) is 12.8 Å². The topological polar surface area (TPSA) is 43.4 Å². The van der Waals surface area contributed by atoms with Crippen molar-refractivity contribution in [3.8, 4) is 17.2 Å². The van der Waals surface area contributed by atoms with Gasteiger partial charge in [-0.2, -0.15) is 0 Å². The summed E-state index contributed by atoms with van der Waals surface area (Å²) < 4.78 is 11.0. The lowest BCUT2D eigenvalue weighted by Crippen LogP contribution is -2.16. The largest absolute Gasteiger partial charge is 0.497 e. The van der Waals surface area contributed by atoms with E-state index in [4.69, 9.17) is 9.47 Å². The molecule has 0 spiro atoms. The molecule has 1 aliphatic carbocycles. The van der Waals surface area contributed by atoms with E-state index in [0.29, 0.717) is 6.04 Å². The lowest BCUT2D eigenvalue weighted by atomic mass is 10.3. The average Bonchev–Trinajstić information content (AvgIpc) is 3.30. The van der Waals surface area contributed by atoms with E-state index >= 15 is 0 Å². The van der Waals surface area contributed by atoms with E-state index in [1.807, 2.05) is 36.4 Å². The van der Waals surface area contributed by atoms with E-state index in [1.165, 1.54) is 12.8 Å². The number of nitrogens with one attached hydrogen (secondary N) is 1. The van der Waals surface area contributed by atoms with Crippen molar-refractivity contribution in [2.75, 3.05) is 7.11 Å². The Morgan fingerprint density at radius 1 is 1.15 bits per heavy atom. The van der Waals surface area contributed by atoms with Gasteiger partial charge in [0.1, 0.15) is 17.2 Å². The van der Waals surface area contributed by atoms with Crippen LogP contribution in [0.2, 0.25) is 0 Å². The molecule has 1 aromatic carbocycles. The first kappa shape index (κ1) is 12.9. The summed E-state index contributed by atoms with van der Waals surface area (Å²) in [6, 6.07) is 12.1. The van der Waals surface area contributed by atoms with Crippen LogP contribution in [0.1, 0.15) is 18.5 Å². The van der Waals surface area contributed by atoms with E-state index in [2.05, 4.69) is 10.3 Å². The zero-order valence-corrected chi connectivity index (χ0v) is 11.5. The summed E-state index contributed by atoms with van der Waals surface area (Å²) in [6.45, 7) is 0.792. The van der Waals surface area contributed by atoms with Gasteiger partial charge in [-0.15, -0.1) is 0 Å². The predicted molar refractivity (Wildman–Crippen MR) is 77.2 cm³/mol. The van der Waals surface area contributed by atoms with Gasteiger partial charge in [-0.1, -0.05) is 6.07 Å². The number of pyridine rings is 1. The molecule has 104 valence electrons. The maximum Gasteiger partial charge on any atom is 0.131 e. The van der Waals surface area contributed by atoms with Crippen LogP contribution in [0.3, 0.4) is 0 Å². The lowest BCUT2D eigenvalue weighted by Gasteiger charge is -2.08. The first-order valence-corrected chi connectivity index (χ1v) is 6.84. The van der Waals surface area contributed by atoms with Gasteiger partial charge in [-0.05, 0) is 31.0 Å². The van der Waals surface area contributed by atoms with Crippen LogP contribution in [0, 0.1) is 0 Å². The quantitative estimate of drug-likeness (QED) is 0.875. The standard InChI is InChI=1S/C16H18N2O2/c1-19-14-3-2-4-15(10-14)20-16-7-8-17-13(9-16)11-18-12-5-6-12/h2-4,7-10,12,18H,5-6,11H2,1H3. The van der Waals surface area contributed by atoms with Gasteiger partial charge in [-0.25, -0.2) is 0 Å². The molecular weight excluding hydrogens is 252 g/mol. The summed E-state index contributed by atoms with van der Waals surface area (Å²) in [7, 11) is 1.65. The van der Waals surface area contributed by atoms with E-state index in [-0.39, 0.29) is 0 Å². The minimum atomic E-state index is 0.680. The number of methoxy groups -OCH3 is 1. The van der Waals surface area contributed by atoms with Crippen molar-refractivity contribution in [3.05, 3.63) is 48.3 Å². The highest BCUT2D eigenvalue weighted by Crippen LogP contribution is 2.25. The Labute approximate surface area is 118 Å².